The van der Waals surface area contributed by atoms with E-state index in [9.17, 15) is 9.90 Å². The number of aliphatic imine (C=N–C) groups is 1. The third-order valence-corrected chi connectivity index (χ3v) is 1.99. The molecule has 0 saturated heterocycles. The predicted molar refractivity (Wildman–Crippen MR) is 56.3 cm³/mol. The van der Waals surface area contributed by atoms with Crippen molar-refractivity contribution in [2.45, 2.75) is 19.4 Å². The molecule has 2 N–H and O–H groups in total. The largest absolute Gasteiger partial charge is 1.00 e. The standard InChI is InChI=1S/C11H13NO4.Li/c1-7(13)12-10(11(15)16)6-8-2-4-9(14)5-3-8;/h2-5,10,14H,6H2,1H3,(H,12,13)(H,15,16);/q;+1/p-1/t10-;/m0./s1. The summed E-state index contributed by atoms with van der Waals surface area (Å²) < 4.78 is 0. The zero-order valence-electron chi connectivity index (χ0n) is 9.75. The minimum atomic E-state index is -1.14. The average Bonchev–Trinajstić information content (AvgIpc) is 2.19. The first-order chi connectivity index (χ1) is 7.49. The zero-order chi connectivity index (χ0) is 12.1. The summed E-state index contributed by atoms with van der Waals surface area (Å²) in [5, 5.41) is 28.6. The molecule has 0 unspecified atom stereocenters. The molecule has 1 aromatic rings. The number of carbonyl (C=O) groups is 1. The van der Waals surface area contributed by atoms with E-state index >= 15 is 0 Å². The molecule has 0 fully saturated rings. The Morgan fingerprint density at radius 2 is 1.94 bits per heavy atom. The monoisotopic (exact) mass is 229 g/mol. The van der Waals surface area contributed by atoms with Crippen LogP contribution in [0.15, 0.2) is 29.3 Å². The van der Waals surface area contributed by atoms with E-state index < -0.39 is 17.9 Å². The van der Waals surface area contributed by atoms with Crippen molar-refractivity contribution in [3.05, 3.63) is 29.8 Å². The first-order valence-electron chi connectivity index (χ1n) is 4.71. The number of rotatable bonds is 4. The fourth-order valence-electron chi connectivity index (χ4n) is 1.26. The Morgan fingerprint density at radius 1 is 1.41 bits per heavy atom. The fourth-order valence-corrected chi connectivity index (χ4v) is 1.26. The molecule has 0 aliphatic heterocycles. The number of carboxylic acid groups (broad SMARTS) is 1. The Bertz CT molecular complexity index is 398. The number of hydrogen-bond acceptors (Lipinski definition) is 4. The first-order valence-corrected chi connectivity index (χ1v) is 4.71. The van der Waals surface area contributed by atoms with Crippen LogP contribution in [0.4, 0.5) is 0 Å². The molecule has 0 aliphatic carbocycles. The van der Waals surface area contributed by atoms with Gasteiger partial charge in [-0.15, -0.1) is 0 Å². The zero-order valence-corrected chi connectivity index (χ0v) is 9.75. The van der Waals surface area contributed by atoms with E-state index in [1.165, 1.54) is 19.1 Å². The van der Waals surface area contributed by atoms with Crippen LogP contribution in [0.25, 0.3) is 0 Å². The summed E-state index contributed by atoms with van der Waals surface area (Å²) in [6, 6.07) is 5.05. The van der Waals surface area contributed by atoms with Gasteiger partial charge in [-0.3, -0.25) is 4.99 Å². The van der Waals surface area contributed by atoms with Gasteiger partial charge in [-0.25, -0.2) is 4.79 Å². The van der Waals surface area contributed by atoms with Gasteiger partial charge >= 0.3 is 24.8 Å². The van der Waals surface area contributed by atoms with Crippen molar-refractivity contribution in [3.63, 3.8) is 0 Å². The van der Waals surface area contributed by atoms with Gasteiger partial charge in [-0.05, 0) is 30.5 Å². The molecule has 0 amide bonds. The molecule has 1 rings (SSSR count). The molecule has 5 nitrogen and oxygen atoms in total. The van der Waals surface area contributed by atoms with Crippen LogP contribution < -0.4 is 24.0 Å². The van der Waals surface area contributed by atoms with E-state index in [-0.39, 0.29) is 31.0 Å². The summed E-state index contributed by atoms with van der Waals surface area (Å²) in [6.45, 7) is 1.22. The van der Waals surface area contributed by atoms with E-state index in [1.54, 1.807) is 12.1 Å². The smallest absolute Gasteiger partial charge is 0.862 e. The van der Waals surface area contributed by atoms with Crippen LogP contribution in [0.3, 0.4) is 0 Å². The molecule has 0 saturated carbocycles. The molecule has 0 aliphatic rings. The molecule has 0 heterocycles. The van der Waals surface area contributed by atoms with Crippen LogP contribution in [0.1, 0.15) is 12.5 Å². The van der Waals surface area contributed by atoms with Crippen molar-refractivity contribution in [2.24, 2.45) is 4.99 Å². The second-order valence-corrected chi connectivity index (χ2v) is 3.37. The Kier molecular flexibility index (Phi) is 6.40. The van der Waals surface area contributed by atoms with Crippen molar-refractivity contribution < 1.29 is 39.0 Å². The van der Waals surface area contributed by atoms with E-state index in [2.05, 4.69) is 4.99 Å². The number of nitrogens with zero attached hydrogens (tertiary/aromatic N) is 1. The molecule has 6 heteroatoms. The third kappa shape index (κ3) is 5.43. The third-order valence-electron chi connectivity index (χ3n) is 1.99. The summed E-state index contributed by atoms with van der Waals surface area (Å²) in [5.74, 6) is -1.53. The van der Waals surface area contributed by atoms with Gasteiger partial charge in [0.15, 0.2) is 0 Å². The fraction of sp³-hybridized carbons (Fsp3) is 0.273. The van der Waals surface area contributed by atoms with Crippen molar-refractivity contribution in [3.8, 4) is 5.75 Å². The second-order valence-electron chi connectivity index (χ2n) is 3.37. The molecule has 0 radical (unpaired) electrons. The van der Waals surface area contributed by atoms with Crippen LogP contribution in [0.5, 0.6) is 5.75 Å². The van der Waals surface area contributed by atoms with Gasteiger partial charge in [-0.2, -0.15) is 0 Å². The van der Waals surface area contributed by atoms with E-state index in [0.29, 0.717) is 5.56 Å². The van der Waals surface area contributed by atoms with Crippen LogP contribution in [0.2, 0.25) is 0 Å². The van der Waals surface area contributed by atoms with E-state index in [1.807, 2.05) is 0 Å². The molecule has 1 aromatic carbocycles. The van der Waals surface area contributed by atoms with Gasteiger partial charge in [-0.1, -0.05) is 12.1 Å². The molecular formula is C11H12LiNO4. The molecule has 1 atom stereocenters. The Hall–Kier alpha value is -1.44. The predicted octanol–water partition coefficient (Wildman–Crippen LogP) is -2.83. The Morgan fingerprint density at radius 3 is 2.35 bits per heavy atom. The topological polar surface area (TPSA) is 93.0 Å². The minimum absolute atomic E-state index is 0. The number of carboxylic acids is 1. The average molecular weight is 229 g/mol. The summed E-state index contributed by atoms with van der Waals surface area (Å²) >= 11 is 0. The SMILES string of the molecule is CC([O-])=N[C@@H](Cc1ccc(O)cc1)C(=O)O.[Li+]. The Balaban J connectivity index is 0.00000256. The summed E-state index contributed by atoms with van der Waals surface area (Å²) in [7, 11) is 0. The molecule has 86 valence electrons. The maximum absolute atomic E-state index is 10.8. The van der Waals surface area contributed by atoms with Crippen molar-refractivity contribution in [1.82, 2.24) is 0 Å². The van der Waals surface area contributed by atoms with E-state index in [0.717, 1.165) is 0 Å². The van der Waals surface area contributed by atoms with Gasteiger partial charge in [0.05, 0.1) is 0 Å². The van der Waals surface area contributed by atoms with Crippen LogP contribution in [0, 0.1) is 0 Å². The van der Waals surface area contributed by atoms with Gasteiger partial charge in [0.2, 0.25) is 0 Å². The normalized spacial score (nSPS) is 12.6. The molecular weight excluding hydrogens is 217 g/mol. The Labute approximate surface area is 111 Å². The van der Waals surface area contributed by atoms with Crippen molar-refractivity contribution >= 4 is 11.9 Å². The van der Waals surface area contributed by atoms with Crippen LogP contribution >= 0.6 is 0 Å². The second kappa shape index (κ2) is 7.00. The number of aromatic hydroxyl groups is 1. The number of aliphatic carboxylic acids is 1. The van der Waals surface area contributed by atoms with Crippen molar-refractivity contribution in [1.29, 1.82) is 0 Å². The van der Waals surface area contributed by atoms with Crippen molar-refractivity contribution in [2.75, 3.05) is 0 Å². The van der Waals surface area contributed by atoms with Gasteiger partial charge < -0.3 is 15.3 Å². The quantitative estimate of drug-likeness (QED) is 0.330. The first kappa shape index (κ1) is 15.6. The van der Waals surface area contributed by atoms with Gasteiger partial charge in [0.1, 0.15) is 11.8 Å². The number of benzene rings is 1. The number of phenolic OH excluding ortho intramolecular Hbond substituents is 1. The van der Waals surface area contributed by atoms with Gasteiger partial charge in [0.25, 0.3) is 0 Å². The van der Waals surface area contributed by atoms with Crippen LogP contribution in [-0.2, 0) is 11.2 Å². The molecule has 17 heavy (non-hydrogen) atoms. The number of phenols is 1. The molecule has 0 spiro atoms. The van der Waals surface area contributed by atoms with Crippen LogP contribution in [-0.4, -0.2) is 28.1 Å². The van der Waals surface area contributed by atoms with E-state index in [4.69, 9.17) is 10.2 Å². The summed E-state index contributed by atoms with van der Waals surface area (Å²) in [6.07, 6.45) is 0.134. The number of hydrogen-bond donors (Lipinski definition) is 2. The molecule has 0 aromatic heterocycles. The summed E-state index contributed by atoms with van der Waals surface area (Å²) in [5.41, 5.74) is 0.704. The van der Waals surface area contributed by atoms with Gasteiger partial charge in [0, 0.05) is 6.42 Å². The maximum atomic E-state index is 10.8. The summed E-state index contributed by atoms with van der Waals surface area (Å²) in [4.78, 5) is 14.3. The maximum Gasteiger partial charge on any atom is 1.00 e. The molecule has 0 bridgehead atoms. The minimum Gasteiger partial charge on any atom is -0.862 e.